The number of nitrogens with two attached hydrogens (primary N) is 1. The number of hydrogen-bond donors (Lipinski definition) is 1. The van der Waals surface area contributed by atoms with Crippen molar-refractivity contribution in [3.63, 3.8) is 0 Å². The van der Waals surface area contributed by atoms with Gasteiger partial charge in [0, 0.05) is 24.2 Å². The Labute approximate surface area is 82.5 Å². The second-order valence-corrected chi connectivity index (χ2v) is 3.00. The lowest BCUT2D eigenvalue weighted by Crippen LogP contribution is -2.10. The molecule has 0 aliphatic heterocycles. The highest BCUT2D eigenvalue weighted by Gasteiger charge is 1.96. The first-order chi connectivity index (χ1) is 6.90. The highest BCUT2D eigenvalue weighted by molar-refractivity contribution is 5.79. The van der Waals surface area contributed by atoms with E-state index in [0.29, 0.717) is 13.2 Å². The lowest BCUT2D eigenvalue weighted by Gasteiger charge is -2.04. The van der Waals surface area contributed by atoms with E-state index in [9.17, 15) is 0 Å². The molecular formula is C11H12N2O. The van der Waals surface area contributed by atoms with Crippen LogP contribution < -0.4 is 10.5 Å². The zero-order valence-electron chi connectivity index (χ0n) is 7.81. The van der Waals surface area contributed by atoms with Gasteiger partial charge in [-0.2, -0.15) is 0 Å². The van der Waals surface area contributed by atoms with Crippen molar-refractivity contribution < 1.29 is 4.74 Å². The van der Waals surface area contributed by atoms with Crippen molar-refractivity contribution in [2.24, 2.45) is 5.73 Å². The summed E-state index contributed by atoms with van der Waals surface area (Å²) in [7, 11) is 0. The third-order valence-electron chi connectivity index (χ3n) is 1.96. The summed E-state index contributed by atoms with van der Waals surface area (Å²) in [5.74, 6) is 0.821. The normalized spacial score (nSPS) is 10.4. The molecule has 0 aliphatic carbocycles. The summed E-state index contributed by atoms with van der Waals surface area (Å²) in [5.41, 5.74) is 6.29. The van der Waals surface area contributed by atoms with Gasteiger partial charge in [0.25, 0.3) is 0 Å². The van der Waals surface area contributed by atoms with Gasteiger partial charge in [0.1, 0.15) is 12.4 Å². The number of fused-ring (bicyclic) bond motifs is 1. The van der Waals surface area contributed by atoms with Gasteiger partial charge in [-0.1, -0.05) is 6.07 Å². The molecule has 0 saturated heterocycles. The second-order valence-electron chi connectivity index (χ2n) is 3.00. The summed E-state index contributed by atoms with van der Waals surface area (Å²) in [6.07, 6.45) is 1.77. The fourth-order valence-electron chi connectivity index (χ4n) is 1.31. The first-order valence-corrected chi connectivity index (χ1v) is 4.58. The Bertz CT molecular complexity index is 428. The Balaban J connectivity index is 2.32. The Morgan fingerprint density at radius 3 is 3.07 bits per heavy atom. The third kappa shape index (κ3) is 1.83. The summed E-state index contributed by atoms with van der Waals surface area (Å²) < 4.78 is 5.40. The molecule has 14 heavy (non-hydrogen) atoms. The maximum atomic E-state index is 5.40. The molecule has 72 valence electrons. The summed E-state index contributed by atoms with van der Waals surface area (Å²) >= 11 is 0. The fraction of sp³-hybridized carbons (Fsp3) is 0.182. The Morgan fingerprint density at radius 1 is 1.29 bits per heavy atom. The molecule has 2 aromatic rings. The molecular weight excluding hydrogens is 176 g/mol. The number of rotatable bonds is 3. The van der Waals surface area contributed by atoms with E-state index in [1.807, 2.05) is 30.3 Å². The number of benzene rings is 1. The molecule has 0 saturated carbocycles. The zero-order valence-corrected chi connectivity index (χ0v) is 7.81. The number of aromatic nitrogens is 1. The Hall–Kier alpha value is -1.61. The smallest absolute Gasteiger partial charge is 0.121 e. The minimum Gasteiger partial charge on any atom is -0.492 e. The van der Waals surface area contributed by atoms with E-state index < -0.39 is 0 Å². The fourth-order valence-corrected chi connectivity index (χ4v) is 1.31. The number of nitrogens with zero attached hydrogens (tertiary/aromatic N) is 1. The van der Waals surface area contributed by atoms with E-state index in [1.54, 1.807) is 6.20 Å². The van der Waals surface area contributed by atoms with Crippen molar-refractivity contribution in [3.8, 4) is 5.75 Å². The van der Waals surface area contributed by atoms with Crippen molar-refractivity contribution in [2.75, 3.05) is 13.2 Å². The predicted octanol–water partition coefficient (Wildman–Crippen LogP) is 1.57. The monoisotopic (exact) mass is 188 g/mol. The van der Waals surface area contributed by atoms with Gasteiger partial charge in [0.15, 0.2) is 0 Å². The zero-order chi connectivity index (χ0) is 9.80. The van der Waals surface area contributed by atoms with Gasteiger partial charge in [-0.3, -0.25) is 4.98 Å². The van der Waals surface area contributed by atoms with Crippen LogP contribution in [0.1, 0.15) is 0 Å². The molecule has 1 heterocycles. The van der Waals surface area contributed by atoms with Crippen LogP contribution in [0.2, 0.25) is 0 Å². The van der Waals surface area contributed by atoms with Crippen LogP contribution in [0.3, 0.4) is 0 Å². The van der Waals surface area contributed by atoms with Crippen molar-refractivity contribution in [3.05, 3.63) is 36.5 Å². The average Bonchev–Trinajstić information content (AvgIpc) is 2.26. The van der Waals surface area contributed by atoms with Crippen molar-refractivity contribution in [1.29, 1.82) is 0 Å². The van der Waals surface area contributed by atoms with E-state index in [2.05, 4.69) is 4.98 Å². The molecule has 1 aromatic carbocycles. The molecule has 0 amide bonds. The minimum absolute atomic E-state index is 0.528. The third-order valence-corrected chi connectivity index (χ3v) is 1.96. The van der Waals surface area contributed by atoms with Crippen molar-refractivity contribution >= 4 is 10.9 Å². The number of ether oxygens (including phenoxy) is 1. The summed E-state index contributed by atoms with van der Waals surface area (Å²) in [5, 5.41) is 1.12. The van der Waals surface area contributed by atoms with E-state index >= 15 is 0 Å². The van der Waals surface area contributed by atoms with Gasteiger partial charge < -0.3 is 10.5 Å². The second kappa shape index (κ2) is 4.07. The van der Waals surface area contributed by atoms with E-state index in [-0.39, 0.29) is 0 Å². The average molecular weight is 188 g/mol. The maximum absolute atomic E-state index is 5.40. The van der Waals surface area contributed by atoms with Gasteiger partial charge in [-0.25, -0.2) is 0 Å². The van der Waals surface area contributed by atoms with Crippen LogP contribution in [0.25, 0.3) is 10.9 Å². The molecule has 2 N–H and O–H groups in total. The summed E-state index contributed by atoms with van der Waals surface area (Å²) in [6, 6.07) is 9.79. The summed E-state index contributed by atoms with van der Waals surface area (Å²) in [6.45, 7) is 1.07. The van der Waals surface area contributed by atoms with Crippen molar-refractivity contribution in [1.82, 2.24) is 4.98 Å². The lowest BCUT2D eigenvalue weighted by atomic mass is 10.2. The van der Waals surface area contributed by atoms with E-state index in [4.69, 9.17) is 10.5 Å². The topological polar surface area (TPSA) is 48.1 Å². The van der Waals surface area contributed by atoms with Crippen LogP contribution in [0.15, 0.2) is 36.5 Å². The van der Waals surface area contributed by atoms with Crippen LogP contribution in [-0.4, -0.2) is 18.1 Å². The molecule has 0 unspecified atom stereocenters. The van der Waals surface area contributed by atoms with Crippen LogP contribution >= 0.6 is 0 Å². The lowest BCUT2D eigenvalue weighted by molar-refractivity contribution is 0.328. The van der Waals surface area contributed by atoms with Gasteiger partial charge in [0.2, 0.25) is 0 Å². The van der Waals surface area contributed by atoms with Crippen LogP contribution in [0, 0.1) is 0 Å². The van der Waals surface area contributed by atoms with Crippen molar-refractivity contribution in [2.45, 2.75) is 0 Å². The molecule has 3 heteroatoms. The minimum atomic E-state index is 0.528. The van der Waals surface area contributed by atoms with E-state index in [1.165, 1.54) is 0 Å². The Morgan fingerprint density at radius 2 is 2.21 bits per heavy atom. The molecule has 0 aliphatic rings. The molecule has 1 aromatic heterocycles. The molecule has 0 fully saturated rings. The van der Waals surface area contributed by atoms with Gasteiger partial charge in [0.05, 0.1) is 5.52 Å². The Kier molecular flexibility index (Phi) is 2.60. The first kappa shape index (κ1) is 8.97. The highest BCUT2D eigenvalue weighted by atomic mass is 16.5. The van der Waals surface area contributed by atoms with Crippen LogP contribution in [0.5, 0.6) is 5.75 Å². The number of pyridine rings is 1. The number of hydrogen-bond acceptors (Lipinski definition) is 3. The largest absolute Gasteiger partial charge is 0.492 e. The SMILES string of the molecule is NCCOc1ccc2cccnc2c1. The molecule has 0 atom stereocenters. The molecule has 0 bridgehead atoms. The van der Waals surface area contributed by atoms with Crippen LogP contribution in [-0.2, 0) is 0 Å². The molecule has 3 nitrogen and oxygen atoms in total. The molecule has 2 rings (SSSR count). The van der Waals surface area contributed by atoms with Crippen LogP contribution in [0.4, 0.5) is 0 Å². The molecule has 0 spiro atoms. The van der Waals surface area contributed by atoms with E-state index in [0.717, 1.165) is 16.7 Å². The van der Waals surface area contributed by atoms with Gasteiger partial charge >= 0.3 is 0 Å². The van der Waals surface area contributed by atoms with Gasteiger partial charge in [-0.05, 0) is 18.2 Å². The quantitative estimate of drug-likeness (QED) is 0.795. The van der Waals surface area contributed by atoms with Gasteiger partial charge in [-0.15, -0.1) is 0 Å². The summed E-state index contributed by atoms with van der Waals surface area (Å²) in [4.78, 5) is 4.24. The molecule has 0 radical (unpaired) electrons. The highest BCUT2D eigenvalue weighted by Crippen LogP contribution is 2.18. The predicted molar refractivity (Wildman–Crippen MR) is 56.3 cm³/mol. The standard InChI is InChI=1S/C11H12N2O/c12-5-7-14-10-4-3-9-2-1-6-13-11(9)8-10/h1-4,6,8H,5,7,12H2. The maximum Gasteiger partial charge on any atom is 0.121 e. The first-order valence-electron chi connectivity index (χ1n) is 4.58.